The quantitative estimate of drug-likeness (QED) is 0.643. The lowest BCUT2D eigenvalue weighted by Gasteiger charge is -2.24. The number of carbonyl (C=O) groups is 2. The van der Waals surface area contributed by atoms with E-state index in [2.05, 4.69) is 5.32 Å². The highest BCUT2D eigenvalue weighted by Crippen LogP contribution is 2.19. The van der Waals surface area contributed by atoms with E-state index in [1.807, 2.05) is 13.8 Å². The molecule has 0 aromatic carbocycles. The molecule has 1 saturated heterocycles. The van der Waals surface area contributed by atoms with Crippen LogP contribution in [0.5, 0.6) is 0 Å². The van der Waals surface area contributed by atoms with Gasteiger partial charge in [-0.1, -0.05) is 13.8 Å². The van der Waals surface area contributed by atoms with Crippen molar-refractivity contribution in [2.24, 2.45) is 5.92 Å². The smallest absolute Gasteiger partial charge is 0.328 e. The largest absolute Gasteiger partial charge is 0.480 e. The fourth-order valence-corrected chi connectivity index (χ4v) is 1.72. The molecule has 74 valence electrons. The lowest BCUT2D eigenvalue weighted by atomic mass is 9.97. The summed E-state index contributed by atoms with van der Waals surface area (Å²) in [5, 5.41) is 11.2. The molecule has 5 heteroatoms. The Labute approximate surface area is 76.7 Å². The van der Waals surface area contributed by atoms with Crippen LogP contribution in [-0.2, 0) is 4.79 Å². The number of carbonyl (C=O) groups excluding carboxylic acids is 1. The van der Waals surface area contributed by atoms with Crippen LogP contribution in [0.2, 0.25) is 0 Å². The van der Waals surface area contributed by atoms with Crippen molar-refractivity contribution in [1.82, 2.24) is 10.2 Å². The predicted octanol–water partition coefficient (Wildman–Crippen LogP) is 0.119. The number of likely N-dealkylation sites (N-methyl/N-ethyl adjacent to an activating group) is 1. The van der Waals surface area contributed by atoms with Gasteiger partial charge in [0.1, 0.15) is 6.04 Å². The number of hydrogen-bond acceptors (Lipinski definition) is 2. The van der Waals surface area contributed by atoms with Crippen LogP contribution >= 0.6 is 0 Å². The summed E-state index contributed by atoms with van der Waals surface area (Å²) in [4.78, 5) is 23.4. The van der Waals surface area contributed by atoms with Crippen molar-refractivity contribution in [2.45, 2.75) is 25.9 Å². The molecular formula is C8H14N2O3. The SMILES string of the molecule is CC(C)C1C(C(=O)O)NC(=O)N1C. The van der Waals surface area contributed by atoms with Crippen LogP contribution in [0.1, 0.15) is 13.8 Å². The Hall–Kier alpha value is -1.26. The molecule has 0 bridgehead atoms. The molecule has 0 aromatic heterocycles. The molecule has 1 heterocycles. The van der Waals surface area contributed by atoms with Crippen molar-refractivity contribution in [3.05, 3.63) is 0 Å². The van der Waals surface area contributed by atoms with E-state index in [1.54, 1.807) is 7.05 Å². The molecule has 0 radical (unpaired) electrons. The van der Waals surface area contributed by atoms with E-state index >= 15 is 0 Å². The van der Waals surface area contributed by atoms with Gasteiger partial charge in [-0.25, -0.2) is 9.59 Å². The van der Waals surface area contributed by atoms with E-state index in [4.69, 9.17) is 5.11 Å². The topological polar surface area (TPSA) is 69.6 Å². The van der Waals surface area contributed by atoms with Gasteiger partial charge >= 0.3 is 12.0 Å². The molecule has 1 aliphatic rings. The molecule has 2 amide bonds. The molecular weight excluding hydrogens is 172 g/mol. The van der Waals surface area contributed by atoms with E-state index in [-0.39, 0.29) is 18.0 Å². The van der Waals surface area contributed by atoms with Crippen molar-refractivity contribution in [1.29, 1.82) is 0 Å². The van der Waals surface area contributed by atoms with Crippen LogP contribution in [0.4, 0.5) is 4.79 Å². The van der Waals surface area contributed by atoms with Crippen molar-refractivity contribution >= 4 is 12.0 Å². The molecule has 0 spiro atoms. The minimum atomic E-state index is -0.976. The van der Waals surface area contributed by atoms with Crippen LogP contribution in [0.25, 0.3) is 0 Å². The molecule has 2 atom stereocenters. The maximum Gasteiger partial charge on any atom is 0.328 e. The number of urea groups is 1. The number of carboxylic acids is 1. The Morgan fingerprint density at radius 3 is 2.46 bits per heavy atom. The van der Waals surface area contributed by atoms with Gasteiger partial charge in [0.05, 0.1) is 6.04 Å². The molecule has 1 fully saturated rings. The summed E-state index contributed by atoms with van der Waals surface area (Å²) in [6.07, 6.45) is 0. The van der Waals surface area contributed by atoms with Crippen LogP contribution in [-0.4, -0.2) is 41.1 Å². The standard InChI is InChI=1S/C8H14N2O3/c1-4(2)6-5(7(11)12)9-8(13)10(6)3/h4-6H,1-3H3,(H,9,13)(H,11,12). The van der Waals surface area contributed by atoms with Crippen molar-refractivity contribution in [3.8, 4) is 0 Å². The first-order chi connectivity index (χ1) is 5.95. The lowest BCUT2D eigenvalue weighted by Crippen LogP contribution is -2.43. The number of nitrogens with zero attached hydrogens (tertiary/aromatic N) is 1. The molecule has 0 saturated carbocycles. The average Bonchev–Trinajstić information content (AvgIpc) is 2.28. The van der Waals surface area contributed by atoms with Crippen molar-refractivity contribution < 1.29 is 14.7 Å². The Bertz CT molecular complexity index is 240. The number of nitrogens with one attached hydrogen (secondary N) is 1. The summed E-state index contributed by atoms with van der Waals surface area (Å²) in [5.41, 5.74) is 0. The second kappa shape index (κ2) is 3.24. The first kappa shape index (κ1) is 9.83. The summed E-state index contributed by atoms with van der Waals surface area (Å²) >= 11 is 0. The second-order valence-electron chi connectivity index (χ2n) is 3.61. The summed E-state index contributed by atoms with van der Waals surface area (Å²) < 4.78 is 0. The lowest BCUT2D eigenvalue weighted by molar-refractivity contribution is -0.140. The number of rotatable bonds is 2. The van der Waals surface area contributed by atoms with Crippen LogP contribution < -0.4 is 5.32 Å². The van der Waals surface area contributed by atoms with Crippen LogP contribution in [0.15, 0.2) is 0 Å². The number of aliphatic carboxylic acids is 1. The number of carboxylic acid groups (broad SMARTS) is 1. The zero-order valence-corrected chi connectivity index (χ0v) is 7.94. The fourth-order valence-electron chi connectivity index (χ4n) is 1.72. The highest BCUT2D eigenvalue weighted by molar-refractivity contribution is 5.87. The Morgan fingerprint density at radius 1 is 1.62 bits per heavy atom. The molecule has 0 aromatic rings. The summed E-state index contributed by atoms with van der Waals surface area (Å²) in [6.45, 7) is 3.80. The van der Waals surface area contributed by atoms with Crippen LogP contribution in [0, 0.1) is 5.92 Å². The Morgan fingerprint density at radius 2 is 2.15 bits per heavy atom. The van der Waals surface area contributed by atoms with Crippen molar-refractivity contribution in [2.75, 3.05) is 7.05 Å². The second-order valence-corrected chi connectivity index (χ2v) is 3.61. The molecule has 1 aliphatic heterocycles. The van der Waals surface area contributed by atoms with Gasteiger partial charge in [-0.3, -0.25) is 0 Å². The molecule has 5 nitrogen and oxygen atoms in total. The van der Waals surface area contributed by atoms with Gasteiger partial charge in [0.25, 0.3) is 0 Å². The maximum atomic E-state index is 11.2. The highest BCUT2D eigenvalue weighted by atomic mass is 16.4. The zero-order chi connectivity index (χ0) is 10.2. The first-order valence-electron chi connectivity index (χ1n) is 4.21. The Balaban J connectivity index is 2.86. The van der Waals surface area contributed by atoms with Gasteiger partial charge in [0.2, 0.25) is 0 Å². The molecule has 0 aliphatic carbocycles. The summed E-state index contributed by atoms with van der Waals surface area (Å²) in [5.74, 6) is -0.846. The Kier molecular flexibility index (Phi) is 2.45. The fraction of sp³-hybridized carbons (Fsp3) is 0.750. The molecule has 2 N–H and O–H groups in total. The molecule has 1 rings (SSSR count). The van der Waals surface area contributed by atoms with E-state index in [9.17, 15) is 9.59 Å². The van der Waals surface area contributed by atoms with E-state index < -0.39 is 12.0 Å². The van der Waals surface area contributed by atoms with Gasteiger partial charge in [-0.2, -0.15) is 0 Å². The summed E-state index contributed by atoms with van der Waals surface area (Å²) in [6, 6.07) is -1.35. The van der Waals surface area contributed by atoms with Crippen LogP contribution in [0.3, 0.4) is 0 Å². The average molecular weight is 186 g/mol. The van der Waals surface area contributed by atoms with Gasteiger partial charge in [0.15, 0.2) is 0 Å². The van der Waals surface area contributed by atoms with E-state index in [0.29, 0.717) is 0 Å². The number of hydrogen-bond donors (Lipinski definition) is 2. The van der Waals surface area contributed by atoms with Gasteiger partial charge < -0.3 is 15.3 Å². The van der Waals surface area contributed by atoms with Crippen molar-refractivity contribution in [3.63, 3.8) is 0 Å². The van der Waals surface area contributed by atoms with E-state index in [1.165, 1.54) is 4.90 Å². The number of amides is 2. The highest BCUT2D eigenvalue weighted by Gasteiger charge is 2.42. The first-order valence-corrected chi connectivity index (χ1v) is 4.21. The monoisotopic (exact) mass is 186 g/mol. The van der Waals surface area contributed by atoms with Gasteiger partial charge in [0, 0.05) is 7.05 Å². The molecule has 13 heavy (non-hydrogen) atoms. The normalized spacial score (nSPS) is 28.0. The van der Waals surface area contributed by atoms with Gasteiger partial charge in [-0.05, 0) is 5.92 Å². The minimum Gasteiger partial charge on any atom is -0.480 e. The molecule has 2 unspecified atom stereocenters. The maximum absolute atomic E-state index is 11.2. The predicted molar refractivity (Wildman–Crippen MR) is 46.3 cm³/mol. The third kappa shape index (κ3) is 1.59. The summed E-state index contributed by atoms with van der Waals surface area (Å²) in [7, 11) is 1.61. The minimum absolute atomic E-state index is 0.130. The third-order valence-electron chi connectivity index (χ3n) is 2.34. The van der Waals surface area contributed by atoms with E-state index in [0.717, 1.165) is 0 Å². The van der Waals surface area contributed by atoms with Gasteiger partial charge in [-0.15, -0.1) is 0 Å². The zero-order valence-electron chi connectivity index (χ0n) is 7.94. The third-order valence-corrected chi connectivity index (χ3v) is 2.34.